The average Bonchev–Trinajstić information content (AvgIpc) is 2.77. The zero-order valence-electron chi connectivity index (χ0n) is 17.2. The zero-order valence-corrected chi connectivity index (χ0v) is 17.2. The van der Waals surface area contributed by atoms with Crippen LogP contribution >= 0.6 is 0 Å². The Morgan fingerprint density at radius 2 is 1.97 bits per heavy atom. The minimum absolute atomic E-state index is 0.0995. The van der Waals surface area contributed by atoms with E-state index in [0.29, 0.717) is 26.4 Å². The van der Waals surface area contributed by atoms with Crippen LogP contribution in [-0.4, -0.2) is 49.0 Å². The monoisotopic (exact) mass is 397 g/mol. The first-order valence-electron chi connectivity index (χ1n) is 10.7. The van der Waals surface area contributed by atoms with Crippen molar-refractivity contribution in [2.45, 2.75) is 44.9 Å². The number of ether oxygens (including phenoxy) is 3. The number of aryl methyl sites for hydroxylation is 1. The van der Waals surface area contributed by atoms with E-state index in [-0.39, 0.29) is 6.10 Å². The van der Waals surface area contributed by atoms with Gasteiger partial charge >= 0.3 is 0 Å². The van der Waals surface area contributed by atoms with Gasteiger partial charge in [0.1, 0.15) is 13.2 Å². The van der Waals surface area contributed by atoms with E-state index < -0.39 is 6.10 Å². The van der Waals surface area contributed by atoms with Crippen LogP contribution in [0.25, 0.3) is 0 Å². The van der Waals surface area contributed by atoms with Crippen molar-refractivity contribution in [2.75, 3.05) is 32.9 Å². The van der Waals surface area contributed by atoms with Gasteiger partial charge in [-0.1, -0.05) is 37.3 Å². The van der Waals surface area contributed by atoms with E-state index in [9.17, 15) is 5.11 Å². The molecule has 0 amide bonds. The van der Waals surface area contributed by atoms with Gasteiger partial charge in [-0.15, -0.1) is 0 Å². The van der Waals surface area contributed by atoms with Crippen LogP contribution in [0.4, 0.5) is 0 Å². The molecule has 1 aliphatic heterocycles. The van der Waals surface area contributed by atoms with E-state index in [2.05, 4.69) is 42.2 Å². The summed E-state index contributed by atoms with van der Waals surface area (Å²) in [6.45, 7) is 5.87. The summed E-state index contributed by atoms with van der Waals surface area (Å²) >= 11 is 0. The van der Waals surface area contributed by atoms with Crippen molar-refractivity contribution in [3.05, 3.63) is 59.2 Å². The summed E-state index contributed by atoms with van der Waals surface area (Å²) in [4.78, 5) is 2.23. The predicted octanol–water partition coefficient (Wildman–Crippen LogP) is 3.73. The van der Waals surface area contributed by atoms with Gasteiger partial charge in [-0.2, -0.15) is 0 Å². The van der Waals surface area contributed by atoms with Crippen LogP contribution in [0.5, 0.6) is 11.5 Å². The van der Waals surface area contributed by atoms with Crippen molar-refractivity contribution >= 4 is 0 Å². The Hall–Kier alpha value is -2.08. The van der Waals surface area contributed by atoms with Gasteiger partial charge in [-0.3, -0.25) is 4.90 Å². The highest BCUT2D eigenvalue weighted by Gasteiger charge is 2.22. The number of likely N-dealkylation sites (N-methyl/N-ethyl adjacent to an activating group) is 1. The minimum Gasteiger partial charge on any atom is -0.486 e. The number of nitrogens with zero attached hydrogens (tertiary/aromatic N) is 1. The third kappa shape index (κ3) is 5.10. The van der Waals surface area contributed by atoms with E-state index in [1.165, 1.54) is 11.1 Å². The van der Waals surface area contributed by atoms with Gasteiger partial charge in [0, 0.05) is 13.1 Å². The molecule has 2 aromatic carbocycles. The lowest BCUT2D eigenvalue weighted by Crippen LogP contribution is -2.35. The van der Waals surface area contributed by atoms with Gasteiger partial charge in [0.15, 0.2) is 11.5 Å². The molecular formula is C24H31NO4. The Morgan fingerprint density at radius 3 is 2.83 bits per heavy atom. The van der Waals surface area contributed by atoms with E-state index in [0.717, 1.165) is 49.4 Å². The zero-order chi connectivity index (χ0) is 20.1. The summed E-state index contributed by atoms with van der Waals surface area (Å²) in [5, 5.41) is 10.6. The molecule has 2 atom stereocenters. The van der Waals surface area contributed by atoms with E-state index in [4.69, 9.17) is 14.2 Å². The van der Waals surface area contributed by atoms with Crippen LogP contribution < -0.4 is 9.47 Å². The van der Waals surface area contributed by atoms with Crippen molar-refractivity contribution in [3.8, 4) is 11.5 Å². The normalized spacial score (nSPS) is 19.1. The Labute approximate surface area is 173 Å². The lowest BCUT2D eigenvalue weighted by Gasteiger charge is -2.28. The van der Waals surface area contributed by atoms with Crippen LogP contribution in [0.2, 0.25) is 0 Å². The highest BCUT2D eigenvalue weighted by Crippen LogP contribution is 2.33. The van der Waals surface area contributed by atoms with Crippen LogP contribution in [0.3, 0.4) is 0 Å². The van der Waals surface area contributed by atoms with Gasteiger partial charge in [0.2, 0.25) is 0 Å². The number of rotatable bonds is 8. The number of hydrogen-bond donors (Lipinski definition) is 1. The molecule has 0 radical (unpaired) electrons. The van der Waals surface area contributed by atoms with Gasteiger partial charge in [0.05, 0.1) is 18.8 Å². The molecule has 2 aromatic rings. The molecule has 2 aliphatic rings. The summed E-state index contributed by atoms with van der Waals surface area (Å²) in [6, 6.07) is 14.6. The Morgan fingerprint density at radius 1 is 1.14 bits per heavy atom. The lowest BCUT2D eigenvalue weighted by molar-refractivity contribution is -0.0284. The van der Waals surface area contributed by atoms with Gasteiger partial charge in [-0.25, -0.2) is 0 Å². The number of aliphatic hydroxyl groups is 1. The molecular weight excluding hydrogens is 366 g/mol. The first-order valence-corrected chi connectivity index (χ1v) is 10.7. The van der Waals surface area contributed by atoms with Crippen LogP contribution in [-0.2, 0) is 17.7 Å². The third-order valence-corrected chi connectivity index (χ3v) is 5.73. The molecule has 0 bridgehead atoms. The van der Waals surface area contributed by atoms with Crippen molar-refractivity contribution in [1.29, 1.82) is 0 Å². The summed E-state index contributed by atoms with van der Waals surface area (Å²) < 4.78 is 17.4. The van der Waals surface area contributed by atoms with Gasteiger partial charge in [-0.05, 0) is 54.6 Å². The molecule has 2 unspecified atom stereocenters. The molecule has 29 heavy (non-hydrogen) atoms. The summed E-state index contributed by atoms with van der Waals surface area (Å²) in [6.07, 6.45) is 2.88. The molecule has 5 heteroatoms. The first-order chi connectivity index (χ1) is 14.2. The van der Waals surface area contributed by atoms with Crippen molar-refractivity contribution in [3.63, 3.8) is 0 Å². The molecule has 0 spiro atoms. The standard InChI is InChI=1S/C24H31NO4/c1-2-25(15-18-10-11-23-24(14-18)28-13-12-27-23)16-20(26)17-29-22-9-5-7-19-6-3-4-8-21(19)22/h3-4,6,8,10-11,14,20,22,26H,2,5,7,9,12-13,15-17H2,1H3. The summed E-state index contributed by atoms with van der Waals surface area (Å²) in [5.74, 6) is 1.62. The molecule has 1 heterocycles. The SMILES string of the molecule is CCN(Cc1ccc2c(c1)OCCO2)CC(O)COC1CCCc2ccccc21. The third-order valence-electron chi connectivity index (χ3n) is 5.73. The second kappa shape index (κ2) is 9.61. The molecule has 156 valence electrons. The molecule has 1 N–H and O–H groups in total. The predicted molar refractivity (Wildman–Crippen MR) is 112 cm³/mol. The topological polar surface area (TPSA) is 51.2 Å². The van der Waals surface area contributed by atoms with Crippen LogP contribution in [0.15, 0.2) is 42.5 Å². The molecule has 0 fully saturated rings. The number of benzene rings is 2. The van der Waals surface area contributed by atoms with E-state index >= 15 is 0 Å². The average molecular weight is 398 g/mol. The van der Waals surface area contributed by atoms with E-state index in [1.54, 1.807) is 0 Å². The fraction of sp³-hybridized carbons (Fsp3) is 0.500. The largest absolute Gasteiger partial charge is 0.486 e. The fourth-order valence-electron chi connectivity index (χ4n) is 4.21. The van der Waals surface area contributed by atoms with E-state index in [1.807, 2.05) is 12.1 Å². The quantitative estimate of drug-likeness (QED) is 0.736. The number of hydrogen-bond acceptors (Lipinski definition) is 5. The fourth-order valence-corrected chi connectivity index (χ4v) is 4.21. The maximum Gasteiger partial charge on any atom is 0.161 e. The molecule has 0 saturated heterocycles. The Bertz CT molecular complexity index is 809. The Kier molecular flexibility index (Phi) is 6.70. The van der Waals surface area contributed by atoms with Crippen LogP contribution in [0.1, 0.15) is 42.6 Å². The molecule has 0 aromatic heterocycles. The number of aliphatic hydroxyl groups excluding tert-OH is 1. The number of fused-ring (bicyclic) bond motifs is 2. The lowest BCUT2D eigenvalue weighted by atomic mass is 9.89. The van der Waals surface area contributed by atoms with Crippen molar-refractivity contribution in [2.24, 2.45) is 0 Å². The first kappa shape index (κ1) is 20.2. The summed E-state index contributed by atoms with van der Waals surface area (Å²) in [5.41, 5.74) is 3.83. The molecule has 1 aliphatic carbocycles. The second-order valence-corrected chi connectivity index (χ2v) is 7.87. The van der Waals surface area contributed by atoms with Gasteiger partial charge < -0.3 is 19.3 Å². The maximum atomic E-state index is 10.6. The van der Waals surface area contributed by atoms with Gasteiger partial charge in [0.25, 0.3) is 0 Å². The van der Waals surface area contributed by atoms with Crippen LogP contribution in [0, 0.1) is 0 Å². The van der Waals surface area contributed by atoms with Crippen molar-refractivity contribution < 1.29 is 19.3 Å². The molecule has 4 rings (SSSR count). The smallest absolute Gasteiger partial charge is 0.161 e. The molecule has 5 nitrogen and oxygen atoms in total. The van der Waals surface area contributed by atoms with Crippen molar-refractivity contribution in [1.82, 2.24) is 4.90 Å². The highest BCUT2D eigenvalue weighted by atomic mass is 16.6. The minimum atomic E-state index is -0.513. The maximum absolute atomic E-state index is 10.6. The molecule has 0 saturated carbocycles. The second-order valence-electron chi connectivity index (χ2n) is 7.87. The summed E-state index contributed by atoms with van der Waals surface area (Å²) in [7, 11) is 0. The Balaban J connectivity index is 1.30. The highest BCUT2D eigenvalue weighted by molar-refractivity contribution is 5.43.